The van der Waals surface area contributed by atoms with Gasteiger partial charge in [-0.2, -0.15) is 0 Å². The third-order valence-electron chi connectivity index (χ3n) is 10.5. The van der Waals surface area contributed by atoms with E-state index in [1.807, 2.05) is 66.7 Å². The maximum absolute atomic E-state index is 9.03. The van der Waals surface area contributed by atoms with Gasteiger partial charge in [0.25, 0.3) is 0 Å². The summed E-state index contributed by atoms with van der Waals surface area (Å²) in [4.78, 5) is 5.16. The number of nitrogens with zero attached hydrogens (tertiary/aromatic N) is 2. The summed E-state index contributed by atoms with van der Waals surface area (Å²) in [6, 6.07) is 54.0. The Morgan fingerprint density at radius 3 is 1.93 bits per heavy atom. The molecule has 0 aliphatic heterocycles. The van der Waals surface area contributed by atoms with Gasteiger partial charge in [-0.15, -0.1) is 0 Å². The lowest BCUT2D eigenvalue weighted by molar-refractivity contribution is 0.669. The molecule has 11 aromatic rings. The molecule has 0 unspecified atom stereocenters. The number of hydrogen-bond donors (Lipinski definition) is 0. The number of para-hydroxylation sites is 4. The summed E-state index contributed by atoms with van der Waals surface area (Å²) in [5.41, 5.74) is 10.0. The van der Waals surface area contributed by atoms with Crippen molar-refractivity contribution >= 4 is 54.5 Å². The van der Waals surface area contributed by atoms with E-state index in [-0.39, 0.29) is 17.8 Å². The molecule has 3 nitrogen and oxygen atoms in total. The van der Waals surface area contributed by atoms with E-state index in [0.29, 0.717) is 16.9 Å². The number of fused-ring (bicyclic) bond motifs is 6. The van der Waals surface area contributed by atoms with Crippen molar-refractivity contribution in [3.63, 3.8) is 0 Å². The van der Waals surface area contributed by atoms with Crippen LogP contribution in [0, 0.1) is 0 Å². The third kappa shape index (κ3) is 4.72. The van der Waals surface area contributed by atoms with E-state index < -0.39 is 18.1 Å². The van der Waals surface area contributed by atoms with E-state index in [9.17, 15) is 0 Å². The van der Waals surface area contributed by atoms with Crippen LogP contribution in [0.3, 0.4) is 0 Å². The Balaban J connectivity index is 1.25. The third-order valence-corrected chi connectivity index (χ3v) is 10.5. The van der Waals surface area contributed by atoms with Gasteiger partial charge in [-0.3, -0.25) is 4.57 Å². The maximum atomic E-state index is 9.03. The van der Waals surface area contributed by atoms with Gasteiger partial charge in [0.15, 0.2) is 0 Å². The number of imidazole rings is 1. The van der Waals surface area contributed by atoms with E-state index in [0.717, 1.165) is 82.4 Å². The van der Waals surface area contributed by atoms with Crippen molar-refractivity contribution in [3.05, 3.63) is 194 Å². The van der Waals surface area contributed by atoms with Crippen LogP contribution in [0.1, 0.15) is 6.85 Å². The summed E-state index contributed by atoms with van der Waals surface area (Å²) in [6.45, 7) is 0. The Hall–Kier alpha value is -7.23. The molecule has 0 aliphatic carbocycles. The minimum absolute atomic E-state index is 0.0502. The zero-order chi connectivity index (χ0) is 39.9. The van der Waals surface area contributed by atoms with Crippen LogP contribution in [0.15, 0.2) is 198 Å². The quantitative estimate of drug-likeness (QED) is 0.168. The molecule has 0 saturated carbocycles. The fourth-order valence-electron chi connectivity index (χ4n) is 8.16. The number of aromatic nitrogens is 2. The van der Waals surface area contributed by atoms with E-state index in [1.165, 1.54) is 0 Å². The van der Waals surface area contributed by atoms with Crippen molar-refractivity contribution in [1.29, 1.82) is 0 Å². The Bertz CT molecular complexity index is 3490. The lowest BCUT2D eigenvalue weighted by Crippen LogP contribution is -1.99. The summed E-state index contributed by atoms with van der Waals surface area (Å²) in [7, 11) is 0. The smallest absolute Gasteiger partial charge is 0.146 e. The maximum Gasteiger partial charge on any atom is 0.146 e. The second-order valence-corrected chi connectivity index (χ2v) is 13.5. The Kier molecular flexibility index (Phi) is 5.79. The van der Waals surface area contributed by atoms with E-state index in [1.54, 1.807) is 4.57 Å². The van der Waals surface area contributed by atoms with Gasteiger partial charge in [-0.05, 0) is 103 Å². The van der Waals surface area contributed by atoms with Crippen LogP contribution in [-0.4, -0.2) is 9.55 Å². The molecule has 0 N–H and O–H groups in total. The van der Waals surface area contributed by atoms with Gasteiger partial charge in [-0.1, -0.05) is 146 Å². The molecule has 3 heteroatoms. The minimum Gasteiger partial charge on any atom is -0.456 e. The molecule has 0 amide bonds. The van der Waals surface area contributed by atoms with Gasteiger partial charge in [-0.25, -0.2) is 4.98 Å². The predicted molar refractivity (Wildman–Crippen MR) is 225 cm³/mol. The molecule has 0 spiro atoms. The first-order valence-electron chi connectivity index (χ1n) is 20.5. The molecule has 252 valence electrons. The first-order chi connectivity index (χ1) is 28.9. The second-order valence-electron chi connectivity index (χ2n) is 13.5. The lowest BCUT2D eigenvalue weighted by atomic mass is 9.83. The van der Waals surface area contributed by atoms with Crippen molar-refractivity contribution < 1.29 is 11.3 Å². The van der Waals surface area contributed by atoms with Gasteiger partial charge in [0.2, 0.25) is 0 Å². The van der Waals surface area contributed by atoms with Crippen LogP contribution >= 0.6 is 0 Å². The molecule has 9 aromatic carbocycles. The number of rotatable bonds is 5. The number of furan rings is 1. The largest absolute Gasteiger partial charge is 0.456 e. The molecule has 11 rings (SSSR count). The van der Waals surface area contributed by atoms with Crippen molar-refractivity contribution in [2.45, 2.75) is 0 Å². The standard InChI is InChI=1S/C51H32N2O/c1-3-15-33(16-4-1)34-27-29-41-44(31-34)49(35-28-30-48-43(32-35)37-19-11-14-26-47(37)54-48)38-20-7-8-21-39(38)50(41)40-22-9-10-23-42(40)51-52-45-24-12-13-25-46(45)53(51)36-17-5-2-6-18-36/h1-32H/i2D,5D,6D,17D,18D. The van der Waals surface area contributed by atoms with E-state index in [2.05, 4.69) is 97.1 Å². The van der Waals surface area contributed by atoms with Crippen LogP contribution < -0.4 is 0 Å². The molecule has 0 radical (unpaired) electrons. The molecular formula is C51H32N2O. The predicted octanol–water partition coefficient (Wildman–Crippen LogP) is 13.9. The molecular weight excluding hydrogens is 657 g/mol. The highest BCUT2D eigenvalue weighted by molar-refractivity contribution is 6.23. The van der Waals surface area contributed by atoms with Gasteiger partial charge < -0.3 is 4.42 Å². The summed E-state index contributed by atoms with van der Waals surface area (Å²) >= 11 is 0. The first kappa shape index (κ1) is 25.7. The molecule has 2 aromatic heterocycles. The van der Waals surface area contributed by atoms with Gasteiger partial charge in [0.1, 0.15) is 17.0 Å². The van der Waals surface area contributed by atoms with Crippen molar-refractivity contribution in [3.8, 4) is 50.5 Å². The Morgan fingerprint density at radius 2 is 1.07 bits per heavy atom. The topological polar surface area (TPSA) is 31.0 Å². The number of hydrogen-bond acceptors (Lipinski definition) is 2. The van der Waals surface area contributed by atoms with Crippen LogP contribution in [-0.2, 0) is 0 Å². The highest BCUT2D eigenvalue weighted by atomic mass is 16.3. The Morgan fingerprint density at radius 1 is 0.444 bits per heavy atom. The normalized spacial score (nSPS) is 13.0. The highest BCUT2D eigenvalue weighted by Gasteiger charge is 2.23. The monoisotopic (exact) mass is 693 g/mol. The second kappa shape index (κ2) is 12.2. The van der Waals surface area contributed by atoms with Crippen LogP contribution in [0.5, 0.6) is 0 Å². The van der Waals surface area contributed by atoms with E-state index >= 15 is 0 Å². The van der Waals surface area contributed by atoms with Crippen molar-refractivity contribution in [1.82, 2.24) is 9.55 Å². The van der Waals surface area contributed by atoms with Gasteiger partial charge in [0.05, 0.1) is 17.9 Å². The van der Waals surface area contributed by atoms with E-state index in [4.69, 9.17) is 16.3 Å². The van der Waals surface area contributed by atoms with Crippen LogP contribution in [0.4, 0.5) is 0 Å². The van der Waals surface area contributed by atoms with Crippen LogP contribution in [0.25, 0.3) is 105 Å². The fraction of sp³-hybridized carbons (Fsp3) is 0. The zero-order valence-corrected chi connectivity index (χ0v) is 28.9. The molecule has 0 saturated heterocycles. The number of benzene rings is 9. The molecule has 54 heavy (non-hydrogen) atoms. The molecule has 0 atom stereocenters. The van der Waals surface area contributed by atoms with Crippen molar-refractivity contribution in [2.75, 3.05) is 0 Å². The summed E-state index contributed by atoms with van der Waals surface area (Å²) in [5.74, 6) is 0.472. The molecule has 0 fully saturated rings. The Labute approximate surface area is 319 Å². The van der Waals surface area contributed by atoms with Gasteiger partial charge in [0, 0.05) is 22.0 Å². The average molecular weight is 694 g/mol. The highest BCUT2D eigenvalue weighted by Crippen LogP contribution is 2.48. The fourth-order valence-corrected chi connectivity index (χ4v) is 8.16. The average Bonchev–Trinajstić information content (AvgIpc) is 3.85. The van der Waals surface area contributed by atoms with Crippen LogP contribution in [0.2, 0.25) is 0 Å². The lowest BCUT2D eigenvalue weighted by Gasteiger charge is -2.20. The molecule has 0 bridgehead atoms. The van der Waals surface area contributed by atoms with Gasteiger partial charge >= 0.3 is 0 Å². The summed E-state index contributed by atoms with van der Waals surface area (Å²) in [6.07, 6.45) is 0. The summed E-state index contributed by atoms with van der Waals surface area (Å²) < 4.78 is 51.5. The molecule has 2 heterocycles. The minimum atomic E-state index is -0.442. The summed E-state index contributed by atoms with van der Waals surface area (Å²) in [5, 5.41) is 6.33. The molecule has 0 aliphatic rings. The zero-order valence-electron chi connectivity index (χ0n) is 33.9. The SMILES string of the molecule is [2H]c1c([2H])c([2H])c(-n2c(-c3ccccc3-c3c4ccccc4c(-c4ccc5oc6ccccc6c5c4)c4cc(-c5ccccc5)ccc34)nc3ccccc32)c([2H])c1[2H]. The van der Waals surface area contributed by atoms with Crippen molar-refractivity contribution in [2.24, 2.45) is 0 Å². The first-order valence-corrected chi connectivity index (χ1v) is 18.0.